The number of allylic oxidation sites excluding steroid dienone is 2. The molecule has 37 heavy (non-hydrogen) atoms. The normalized spacial score (nSPS) is 22.3. The van der Waals surface area contributed by atoms with Crippen LogP contribution in [0.5, 0.6) is 5.75 Å². The second-order valence-corrected chi connectivity index (χ2v) is 10.4. The van der Waals surface area contributed by atoms with Gasteiger partial charge >= 0.3 is 6.18 Å². The van der Waals surface area contributed by atoms with Crippen molar-refractivity contribution < 1.29 is 41.0 Å². The van der Waals surface area contributed by atoms with Crippen LogP contribution in [0.25, 0.3) is 0 Å². The Labute approximate surface area is 213 Å². The molecule has 3 atom stereocenters. The lowest BCUT2D eigenvalue weighted by Gasteiger charge is -2.26. The third kappa shape index (κ3) is 5.66. The smallest absolute Gasteiger partial charge is 0.403 e. The summed E-state index contributed by atoms with van der Waals surface area (Å²) in [6.45, 7) is 2.18. The van der Waals surface area contributed by atoms with E-state index in [9.17, 15) is 36.2 Å². The Morgan fingerprint density at radius 3 is 2.46 bits per heavy atom. The highest BCUT2D eigenvalue weighted by molar-refractivity contribution is 8.02. The fraction of sp³-hybridized carbons (Fsp3) is 0.360. The molecule has 3 rings (SSSR count). The van der Waals surface area contributed by atoms with Crippen LogP contribution in [0.2, 0.25) is 0 Å². The monoisotopic (exact) mass is 544 g/mol. The third-order valence-corrected chi connectivity index (χ3v) is 7.87. The number of benzene rings is 2. The molecule has 0 saturated carbocycles. The molecule has 1 aliphatic heterocycles. The number of hydrogen-bond donors (Lipinski definition) is 2. The number of nitrogens with one attached hydrogen (secondary N) is 1. The second-order valence-electron chi connectivity index (χ2n) is 8.71. The summed E-state index contributed by atoms with van der Waals surface area (Å²) in [6, 6.07) is 6.98. The molecule has 1 saturated heterocycles. The first-order valence-corrected chi connectivity index (χ1v) is 11.7. The Balaban J connectivity index is 1.99. The van der Waals surface area contributed by atoms with Crippen molar-refractivity contribution in [2.24, 2.45) is 0 Å². The number of anilines is 1. The van der Waals surface area contributed by atoms with Crippen LogP contribution in [0.1, 0.15) is 37.3 Å². The van der Waals surface area contributed by atoms with Gasteiger partial charge in [-0.2, -0.15) is 22.8 Å². The molecule has 0 spiro atoms. The number of carbonyl (C=O) groups is 1. The summed E-state index contributed by atoms with van der Waals surface area (Å²) in [7, 11) is 1.04. The van der Waals surface area contributed by atoms with Gasteiger partial charge in [-0.3, -0.25) is 4.79 Å². The molecule has 0 unspecified atom stereocenters. The van der Waals surface area contributed by atoms with E-state index in [4.69, 9.17) is 10.00 Å². The second kappa shape index (κ2) is 10.6. The number of methoxy groups -OCH3 is 1. The maximum Gasteiger partial charge on any atom is 0.403 e. The highest BCUT2D eigenvalue weighted by Gasteiger charge is 2.60. The molecule has 2 aromatic carbocycles. The molecule has 0 aromatic heterocycles. The van der Waals surface area contributed by atoms with Crippen LogP contribution >= 0.6 is 11.8 Å². The van der Waals surface area contributed by atoms with Crippen molar-refractivity contribution in [1.82, 2.24) is 0 Å². The van der Waals surface area contributed by atoms with Gasteiger partial charge in [-0.25, -0.2) is 8.78 Å². The van der Waals surface area contributed by atoms with E-state index in [0.717, 1.165) is 32.2 Å². The zero-order chi connectivity index (χ0) is 27.7. The van der Waals surface area contributed by atoms with Crippen molar-refractivity contribution in [2.45, 2.75) is 48.8 Å². The highest BCUT2D eigenvalue weighted by atomic mass is 32.2. The van der Waals surface area contributed by atoms with Gasteiger partial charge in [0.1, 0.15) is 16.3 Å². The minimum absolute atomic E-state index is 0.0338. The lowest BCUT2D eigenvalue weighted by Crippen LogP contribution is -2.37. The van der Waals surface area contributed by atoms with Crippen LogP contribution in [0, 0.1) is 28.8 Å². The van der Waals surface area contributed by atoms with Crippen molar-refractivity contribution in [3.8, 4) is 11.8 Å². The molecular formula is C25H22F6N2O3S. The first-order chi connectivity index (χ1) is 17.2. The van der Waals surface area contributed by atoms with E-state index in [2.05, 4.69) is 5.32 Å². The topological polar surface area (TPSA) is 82.3 Å². The molecule has 0 aliphatic carbocycles. The number of aliphatic hydroxyl groups is 1. The molecule has 0 bridgehead atoms. The third-order valence-electron chi connectivity index (χ3n) is 6.16. The van der Waals surface area contributed by atoms with Crippen molar-refractivity contribution in [3.05, 3.63) is 70.2 Å². The van der Waals surface area contributed by atoms with Crippen LogP contribution in [0.3, 0.4) is 0 Å². The molecule has 1 aliphatic rings. The van der Waals surface area contributed by atoms with Crippen molar-refractivity contribution in [3.63, 3.8) is 0 Å². The van der Waals surface area contributed by atoms with Gasteiger partial charge in [0.05, 0.1) is 24.0 Å². The Kier molecular flexibility index (Phi) is 8.07. The number of carbonyl (C=O) groups excluding carboxylic acids is 1. The van der Waals surface area contributed by atoms with E-state index in [0.29, 0.717) is 11.8 Å². The predicted octanol–water partition coefficient (Wildman–Crippen LogP) is 6.56. The number of ether oxygens (including phenoxy) is 1. The zero-order valence-corrected chi connectivity index (χ0v) is 20.7. The van der Waals surface area contributed by atoms with Crippen molar-refractivity contribution >= 4 is 23.4 Å². The highest BCUT2D eigenvalue weighted by Crippen LogP contribution is 2.59. The average Bonchev–Trinajstić information content (AvgIpc) is 3.19. The van der Waals surface area contributed by atoms with Crippen LogP contribution < -0.4 is 10.1 Å². The Hall–Kier alpha value is -3.33. The summed E-state index contributed by atoms with van der Waals surface area (Å²) in [4.78, 5) is 13.2. The Morgan fingerprint density at radius 2 is 1.89 bits per heavy atom. The van der Waals surface area contributed by atoms with Gasteiger partial charge in [0, 0.05) is 23.6 Å². The van der Waals surface area contributed by atoms with E-state index in [-0.39, 0.29) is 34.6 Å². The number of hydrogen-bond acceptors (Lipinski definition) is 5. The number of amides is 1. The quantitative estimate of drug-likeness (QED) is 0.245. The van der Waals surface area contributed by atoms with Gasteiger partial charge in [-0.1, -0.05) is 6.07 Å². The number of nitrogens with zero attached hydrogens (tertiary/aromatic N) is 1. The van der Waals surface area contributed by atoms with Gasteiger partial charge < -0.3 is 15.2 Å². The summed E-state index contributed by atoms with van der Waals surface area (Å²) in [5.41, 5.74) is -0.212. The van der Waals surface area contributed by atoms with Crippen LogP contribution in [-0.2, 0) is 11.2 Å². The zero-order valence-electron chi connectivity index (χ0n) is 19.8. The largest absolute Gasteiger partial charge is 0.512 e. The molecule has 1 fully saturated rings. The van der Waals surface area contributed by atoms with Crippen LogP contribution in [0.4, 0.5) is 32.0 Å². The fourth-order valence-corrected chi connectivity index (χ4v) is 5.66. The number of alkyl halides is 3. The van der Waals surface area contributed by atoms with Gasteiger partial charge in [-0.15, -0.1) is 11.8 Å². The summed E-state index contributed by atoms with van der Waals surface area (Å²) in [6.07, 6.45) is -5.61. The Morgan fingerprint density at radius 1 is 1.24 bits per heavy atom. The van der Waals surface area contributed by atoms with Crippen molar-refractivity contribution in [1.29, 1.82) is 5.26 Å². The van der Waals surface area contributed by atoms with Crippen LogP contribution in [-0.4, -0.2) is 34.3 Å². The first kappa shape index (κ1) is 28.2. The van der Waals surface area contributed by atoms with E-state index >= 15 is 0 Å². The number of rotatable bonds is 6. The summed E-state index contributed by atoms with van der Waals surface area (Å²) in [5.74, 6) is -6.34. The minimum Gasteiger partial charge on any atom is -0.512 e. The van der Waals surface area contributed by atoms with E-state index in [1.165, 1.54) is 19.1 Å². The predicted molar refractivity (Wildman–Crippen MR) is 126 cm³/mol. The molecular weight excluding hydrogens is 522 g/mol. The molecule has 5 nitrogen and oxygen atoms in total. The van der Waals surface area contributed by atoms with Gasteiger partial charge in [0.25, 0.3) is 0 Å². The van der Waals surface area contributed by atoms with E-state index in [1.54, 1.807) is 6.07 Å². The van der Waals surface area contributed by atoms with E-state index in [1.807, 2.05) is 0 Å². The van der Waals surface area contributed by atoms with Gasteiger partial charge in [-0.05, 0) is 50.1 Å². The summed E-state index contributed by atoms with van der Waals surface area (Å²) < 4.78 is 86.8. The average molecular weight is 545 g/mol. The lowest BCUT2D eigenvalue weighted by atomic mass is 9.85. The molecule has 198 valence electrons. The van der Waals surface area contributed by atoms with Crippen LogP contribution in [0.15, 0.2) is 41.7 Å². The number of aliphatic hydroxyl groups excluding tert-OH is 1. The number of halogens is 6. The van der Waals surface area contributed by atoms with Gasteiger partial charge in [0.2, 0.25) is 11.7 Å². The fourth-order valence-electron chi connectivity index (χ4n) is 4.12. The minimum atomic E-state index is -4.72. The SMILES string of the molecule is COc1c([C@@H]2C[C@](C)(C(F)(F)F)S[C@H]2C(=O)Nc2ccc(F)c(C/C(C#N)=C(\C)O)c2)ccc(F)c1F. The molecule has 0 radical (unpaired) electrons. The van der Waals surface area contributed by atoms with Gasteiger partial charge in [0.15, 0.2) is 11.6 Å². The Bertz CT molecular complexity index is 1290. The standard InChI is InChI=1S/C25H22F6N2O3S/c1-12(34)14(11-32)8-13-9-15(4-6-18(13)26)33-23(35)22-17(10-24(2,37-22)25(29,30)31)16-5-7-19(27)20(28)21(16)36-3/h4-7,9,17,22,34H,8,10H2,1-3H3,(H,33,35)/b14-12-/t17-,22+,24+/m0/s1. The molecule has 1 amide bonds. The molecule has 2 aromatic rings. The maximum absolute atomic E-state index is 14.4. The molecule has 12 heteroatoms. The lowest BCUT2D eigenvalue weighted by molar-refractivity contribution is -0.155. The maximum atomic E-state index is 14.4. The number of nitriles is 1. The molecule has 1 heterocycles. The molecule has 2 N–H and O–H groups in total. The first-order valence-electron chi connectivity index (χ1n) is 10.9. The van der Waals surface area contributed by atoms with E-state index < -0.39 is 57.6 Å². The summed E-state index contributed by atoms with van der Waals surface area (Å²) in [5, 5.41) is 19.8. The van der Waals surface area contributed by atoms with Crippen molar-refractivity contribution in [2.75, 3.05) is 12.4 Å². The summed E-state index contributed by atoms with van der Waals surface area (Å²) >= 11 is 0.339. The number of thioether (sulfide) groups is 1.